The number of methoxy groups -OCH3 is 2. The average Bonchev–Trinajstić information content (AvgIpc) is 2.73. The average molecular weight is 364 g/mol. The third kappa shape index (κ3) is 3.98. The van der Waals surface area contributed by atoms with Crippen molar-refractivity contribution in [3.8, 4) is 34.0 Å². The highest BCUT2D eigenvalue weighted by Gasteiger charge is 2.14. The van der Waals surface area contributed by atoms with E-state index in [0.717, 1.165) is 22.6 Å². The Hall–Kier alpha value is -3.61. The fraction of sp³-hybridized carbons (Fsp3) is 0.150. The third-order valence-electron chi connectivity index (χ3n) is 3.90. The lowest BCUT2D eigenvalue weighted by atomic mass is 10.0. The maximum atomic E-state index is 10.2. The molecular weight excluding hydrogens is 344 g/mol. The zero-order chi connectivity index (χ0) is 19.2. The molecule has 0 bridgehead atoms. The van der Waals surface area contributed by atoms with Gasteiger partial charge in [0.2, 0.25) is 0 Å². The number of nitrogens with zero attached hydrogens (tertiary/aromatic N) is 4. The number of hydrogen-bond donors (Lipinski definition) is 1. The van der Waals surface area contributed by atoms with Crippen molar-refractivity contribution in [1.82, 2.24) is 14.9 Å². The quantitative estimate of drug-likeness (QED) is 0.537. The number of aromatic nitrogens is 3. The third-order valence-corrected chi connectivity index (χ3v) is 3.90. The molecule has 138 valence electrons. The summed E-state index contributed by atoms with van der Waals surface area (Å²) >= 11 is 0. The second kappa shape index (κ2) is 8.18. The summed E-state index contributed by atoms with van der Waals surface area (Å²) in [6, 6.07) is 14.8. The van der Waals surface area contributed by atoms with Crippen LogP contribution in [-0.2, 0) is 0 Å². The smallest absolute Gasteiger partial charge is 0.280 e. The van der Waals surface area contributed by atoms with Crippen LogP contribution in [0.1, 0.15) is 0 Å². The van der Waals surface area contributed by atoms with E-state index in [-0.39, 0.29) is 5.62 Å². The van der Waals surface area contributed by atoms with Crippen molar-refractivity contribution < 1.29 is 14.7 Å². The lowest BCUT2D eigenvalue weighted by molar-refractivity contribution is 0.127. The molecule has 0 unspecified atom stereocenters. The lowest BCUT2D eigenvalue weighted by Crippen LogP contribution is -2.27. The van der Waals surface area contributed by atoms with Crippen LogP contribution in [0.4, 0.5) is 0 Å². The highest BCUT2D eigenvalue weighted by Crippen LogP contribution is 2.29. The molecule has 0 radical (unpaired) electrons. The van der Waals surface area contributed by atoms with Gasteiger partial charge in [-0.15, -0.1) is 11.7 Å². The molecule has 1 aromatic heterocycles. The van der Waals surface area contributed by atoms with Crippen molar-refractivity contribution in [2.45, 2.75) is 0 Å². The zero-order valence-electron chi connectivity index (χ0n) is 15.2. The first-order valence-corrected chi connectivity index (χ1v) is 8.27. The van der Waals surface area contributed by atoms with Gasteiger partial charge < -0.3 is 14.7 Å². The first kappa shape index (κ1) is 18.2. The molecule has 7 heteroatoms. The van der Waals surface area contributed by atoms with Gasteiger partial charge in [-0.05, 0) is 48.5 Å². The number of benzene rings is 2. The Morgan fingerprint density at radius 1 is 0.963 bits per heavy atom. The molecule has 3 rings (SSSR count). The SMILES string of the molecule is C=CCN=c1nc(-c2ccc(OC)cc2)c(-c2ccc(OC)cc2)nn1O. The second-order valence-electron chi connectivity index (χ2n) is 5.58. The van der Waals surface area contributed by atoms with Gasteiger partial charge in [0, 0.05) is 11.1 Å². The van der Waals surface area contributed by atoms with Gasteiger partial charge in [0.1, 0.15) is 22.9 Å². The Bertz CT molecular complexity index is 993. The maximum absolute atomic E-state index is 10.2. The van der Waals surface area contributed by atoms with E-state index >= 15 is 0 Å². The van der Waals surface area contributed by atoms with Crippen molar-refractivity contribution in [3.05, 3.63) is 66.8 Å². The van der Waals surface area contributed by atoms with Crippen molar-refractivity contribution in [2.75, 3.05) is 20.8 Å². The summed E-state index contributed by atoms with van der Waals surface area (Å²) in [5.41, 5.74) is 2.81. The van der Waals surface area contributed by atoms with Gasteiger partial charge >= 0.3 is 0 Å². The molecule has 0 saturated heterocycles. The monoisotopic (exact) mass is 364 g/mol. The van der Waals surface area contributed by atoms with Crippen molar-refractivity contribution in [2.24, 2.45) is 4.99 Å². The fourth-order valence-electron chi connectivity index (χ4n) is 2.52. The molecule has 0 fully saturated rings. The number of rotatable bonds is 6. The van der Waals surface area contributed by atoms with Crippen molar-refractivity contribution in [1.29, 1.82) is 0 Å². The van der Waals surface area contributed by atoms with Crippen LogP contribution in [0.5, 0.6) is 11.5 Å². The predicted molar refractivity (Wildman–Crippen MR) is 102 cm³/mol. The maximum Gasteiger partial charge on any atom is 0.280 e. The molecular formula is C20H20N4O3. The van der Waals surface area contributed by atoms with Crippen LogP contribution >= 0.6 is 0 Å². The molecule has 1 heterocycles. The number of ether oxygens (including phenoxy) is 2. The van der Waals surface area contributed by atoms with Gasteiger partial charge in [-0.25, -0.2) is 9.98 Å². The summed E-state index contributed by atoms with van der Waals surface area (Å²) in [6.07, 6.45) is 1.62. The Morgan fingerprint density at radius 3 is 1.96 bits per heavy atom. The molecule has 0 aliphatic rings. The zero-order valence-corrected chi connectivity index (χ0v) is 15.2. The first-order valence-electron chi connectivity index (χ1n) is 8.27. The van der Waals surface area contributed by atoms with Crippen LogP contribution in [0.2, 0.25) is 0 Å². The minimum Gasteiger partial charge on any atom is -0.497 e. The van der Waals surface area contributed by atoms with Gasteiger partial charge in [0.25, 0.3) is 5.62 Å². The van der Waals surface area contributed by atoms with E-state index in [1.54, 1.807) is 20.3 Å². The van der Waals surface area contributed by atoms with Crippen LogP contribution < -0.4 is 15.1 Å². The van der Waals surface area contributed by atoms with E-state index in [2.05, 4.69) is 21.7 Å². The van der Waals surface area contributed by atoms with Gasteiger partial charge in [0.15, 0.2) is 0 Å². The Kier molecular flexibility index (Phi) is 5.51. The van der Waals surface area contributed by atoms with E-state index < -0.39 is 0 Å². The summed E-state index contributed by atoms with van der Waals surface area (Å²) in [4.78, 5) is 9.38. The van der Waals surface area contributed by atoms with E-state index in [4.69, 9.17) is 9.47 Å². The van der Waals surface area contributed by atoms with Crippen molar-refractivity contribution in [3.63, 3.8) is 0 Å². The van der Waals surface area contributed by atoms with Gasteiger partial charge in [-0.3, -0.25) is 0 Å². The normalized spacial score (nSPS) is 11.3. The Labute approximate surface area is 156 Å². The molecule has 27 heavy (non-hydrogen) atoms. The molecule has 3 aromatic rings. The Morgan fingerprint density at radius 2 is 1.48 bits per heavy atom. The number of hydrogen-bond acceptors (Lipinski definition) is 6. The van der Waals surface area contributed by atoms with Crippen LogP contribution in [0.3, 0.4) is 0 Å². The largest absolute Gasteiger partial charge is 0.497 e. The fourth-order valence-corrected chi connectivity index (χ4v) is 2.52. The van der Waals surface area contributed by atoms with E-state index in [0.29, 0.717) is 22.8 Å². The van der Waals surface area contributed by atoms with E-state index in [9.17, 15) is 5.21 Å². The highest BCUT2D eigenvalue weighted by molar-refractivity contribution is 5.77. The molecule has 1 N–H and O–H groups in total. The molecule has 0 amide bonds. The Balaban J connectivity index is 2.20. The molecule has 7 nitrogen and oxygen atoms in total. The molecule has 0 aliphatic carbocycles. The summed E-state index contributed by atoms with van der Waals surface area (Å²) < 4.78 is 10.4. The summed E-state index contributed by atoms with van der Waals surface area (Å²) in [7, 11) is 3.22. The van der Waals surface area contributed by atoms with Crippen LogP contribution in [0.25, 0.3) is 22.5 Å². The lowest BCUT2D eigenvalue weighted by Gasteiger charge is -2.11. The predicted octanol–water partition coefficient (Wildman–Crippen LogP) is 2.95. The summed E-state index contributed by atoms with van der Waals surface area (Å²) in [6.45, 7) is 3.95. The molecule has 0 spiro atoms. The van der Waals surface area contributed by atoms with Crippen LogP contribution in [0.15, 0.2) is 66.2 Å². The topological polar surface area (TPSA) is 81.8 Å². The second-order valence-corrected chi connectivity index (χ2v) is 5.58. The molecule has 2 aromatic carbocycles. The first-order chi connectivity index (χ1) is 13.2. The molecule has 0 aliphatic heterocycles. The summed E-state index contributed by atoms with van der Waals surface area (Å²) in [5.74, 6) is 1.47. The van der Waals surface area contributed by atoms with Gasteiger partial charge in [-0.2, -0.15) is 0 Å². The van der Waals surface area contributed by atoms with E-state index in [1.165, 1.54) is 0 Å². The minimum atomic E-state index is 0.0954. The van der Waals surface area contributed by atoms with Gasteiger partial charge in [-0.1, -0.05) is 10.9 Å². The van der Waals surface area contributed by atoms with E-state index in [1.807, 2.05) is 48.5 Å². The molecule has 0 atom stereocenters. The minimum absolute atomic E-state index is 0.0954. The van der Waals surface area contributed by atoms with Gasteiger partial charge in [0.05, 0.1) is 20.8 Å². The van der Waals surface area contributed by atoms with Crippen LogP contribution in [-0.4, -0.2) is 40.9 Å². The summed E-state index contributed by atoms with van der Waals surface area (Å²) in [5, 5.41) is 14.5. The van der Waals surface area contributed by atoms with Crippen molar-refractivity contribution >= 4 is 0 Å². The van der Waals surface area contributed by atoms with Crippen LogP contribution in [0, 0.1) is 0 Å². The molecule has 0 saturated carbocycles. The standard InChI is InChI=1S/C20H20N4O3/c1-4-13-21-20-22-18(14-5-9-16(26-2)10-6-14)19(23-24(20)25)15-7-11-17(27-3)12-8-15/h4-12,25H,1,13H2,2-3H3. The highest BCUT2D eigenvalue weighted by atomic mass is 16.5.